The number of hydrogen-bond donors (Lipinski definition) is 1. The largest absolute Gasteiger partial charge is 0.493 e. The van der Waals surface area contributed by atoms with Crippen LogP contribution in [0.15, 0.2) is 45.8 Å². The highest BCUT2D eigenvalue weighted by Crippen LogP contribution is 2.33. The van der Waals surface area contributed by atoms with E-state index in [4.69, 9.17) is 9.47 Å². The van der Waals surface area contributed by atoms with E-state index < -0.39 is 10.0 Å². The molecule has 0 aliphatic carbocycles. The molecule has 0 bridgehead atoms. The minimum Gasteiger partial charge on any atom is -0.493 e. The van der Waals surface area contributed by atoms with E-state index >= 15 is 0 Å². The summed E-state index contributed by atoms with van der Waals surface area (Å²) >= 11 is 3.31. The molecule has 118 valence electrons. The maximum absolute atomic E-state index is 12.6. The normalized spacial score (nSPS) is 11.1. The van der Waals surface area contributed by atoms with Crippen LogP contribution in [-0.2, 0) is 10.0 Å². The van der Waals surface area contributed by atoms with E-state index in [9.17, 15) is 8.42 Å². The monoisotopic (exact) mass is 385 g/mol. The minimum absolute atomic E-state index is 0.146. The predicted molar refractivity (Wildman–Crippen MR) is 89.2 cm³/mol. The van der Waals surface area contributed by atoms with Gasteiger partial charge >= 0.3 is 0 Å². The highest BCUT2D eigenvalue weighted by molar-refractivity contribution is 9.10. The molecular weight excluding hydrogens is 370 g/mol. The number of benzene rings is 2. The Bertz CT molecular complexity index is 773. The van der Waals surface area contributed by atoms with Gasteiger partial charge in [-0.3, -0.25) is 4.72 Å². The molecule has 2 rings (SSSR count). The fourth-order valence-corrected chi connectivity index (χ4v) is 3.55. The van der Waals surface area contributed by atoms with Gasteiger partial charge in [-0.25, -0.2) is 8.42 Å². The number of sulfonamides is 1. The lowest BCUT2D eigenvalue weighted by Crippen LogP contribution is -2.14. The first-order valence-corrected chi connectivity index (χ1v) is 8.66. The average Bonchev–Trinajstić information content (AvgIpc) is 2.48. The van der Waals surface area contributed by atoms with Gasteiger partial charge in [-0.2, -0.15) is 0 Å². The van der Waals surface area contributed by atoms with Gasteiger partial charge in [-0.05, 0) is 42.8 Å². The first-order valence-electron chi connectivity index (χ1n) is 6.38. The minimum atomic E-state index is -3.72. The fraction of sp³-hybridized carbons (Fsp3) is 0.200. The number of methoxy groups -OCH3 is 2. The van der Waals surface area contributed by atoms with Crippen LogP contribution < -0.4 is 14.2 Å². The molecule has 2 aromatic rings. The molecule has 0 atom stereocenters. The highest BCUT2D eigenvalue weighted by atomic mass is 79.9. The summed E-state index contributed by atoms with van der Waals surface area (Å²) in [7, 11) is -0.746. The van der Waals surface area contributed by atoms with Crippen LogP contribution in [0, 0.1) is 6.92 Å². The second-order valence-corrected chi connectivity index (χ2v) is 7.15. The van der Waals surface area contributed by atoms with Gasteiger partial charge in [-0.1, -0.05) is 15.9 Å². The molecule has 0 spiro atoms. The van der Waals surface area contributed by atoms with Crippen LogP contribution in [0.1, 0.15) is 5.56 Å². The second-order valence-electron chi connectivity index (χ2n) is 4.59. The molecule has 0 heterocycles. The maximum atomic E-state index is 12.6. The molecule has 22 heavy (non-hydrogen) atoms. The number of hydrogen-bond acceptors (Lipinski definition) is 4. The molecule has 0 saturated carbocycles. The van der Waals surface area contributed by atoms with Crippen molar-refractivity contribution in [2.24, 2.45) is 0 Å². The van der Waals surface area contributed by atoms with Gasteiger partial charge in [0.15, 0.2) is 11.5 Å². The Morgan fingerprint density at radius 3 is 2.09 bits per heavy atom. The zero-order valence-corrected chi connectivity index (χ0v) is 14.8. The van der Waals surface area contributed by atoms with Crippen molar-refractivity contribution in [3.05, 3.63) is 46.4 Å². The Hall–Kier alpha value is -1.73. The number of nitrogens with one attached hydrogen (secondary N) is 1. The first kappa shape index (κ1) is 16.6. The van der Waals surface area contributed by atoms with E-state index in [2.05, 4.69) is 20.7 Å². The van der Waals surface area contributed by atoms with E-state index in [1.165, 1.54) is 20.3 Å². The third kappa shape index (κ3) is 3.53. The lowest BCUT2D eigenvalue weighted by molar-refractivity contribution is 0.353. The van der Waals surface area contributed by atoms with Crippen LogP contribution in [0.25, 0.3) is 0 Å². The average molecular weight is 386 g/mol. The predicted octanol–water partition coefficient (Wildman–Crippen LogP) is 3.58. The molecule has 0 saturated heterocycles. The van der Waals surface area contributed by atoms with Crippen molar-refractivity contribution >= 4 is 31.6 Å². The van der Waals surface area contributed by atoms with Gasteiger partial charge in [0.2, 0.25) is 0 Å². The van der Waals surface area contributed by atoms with Crippen LogP contribution in [-0.4, -0.2) is 22.6 Å². The van der Waals surface area contributed by atoms with Gasteiger partial charge in [0.25, 0.3) is 10.0 Å². The standard InChI is InChI=1S/C15H16BrNO4S/c1-10-8-13(20-2)14(21-3)9-15(10)22(18,19)17-12-6-4-11(16)5-7-12/h4-9,17H,1-3H3. The summed E-state index contributed by atoms with van der Waals surface area (Å²) in [6.07, 6.45) is 0. The van der Waals surface area contributed by atoms with E-state index in [1.54, 1.807) is 37.3 Å². The smallest absolute Gasteiger partial charge is 0.262 e. The second kappa shape index (κ2) is 6.58. The van der Waals surface area contributed by atoms with E-state index in [0.717, 1.165) is 4.47 Å². The summed E-state index contributed by atoms with van der Waals surface area (Å²) < 4.78 is 38.9. The van der Waals surface area contributed by atoms with Crippen molar-refractivity contribution < 1.29 is 17.9 Å². The summed E-state index contributed by atoms with van der Waals surface area (Å²) in [4.78, 5) is 0.146. The zero-order valence-electron chi connectivity index (χ0n) is 12.4. The van der Waals surface area contributed by atoms with Crippen LogP contribution in [0.3, 0.4) is 0 Å². The summed E-state index contributed by atoms with van der Waals surface area (Å²) in [5.74, 6) is 0.854. The Labute approximate surface area is 138 Å². The number of halogens is 1. The zero-order chi connectivity index (χ0) is 16.3. The fourth-order valence-electron chi connectivity index (χ4n) is 1.98. The number of rotatable bonds is 5. The van der Waals surface area contributed by atoms with E-state index in [0.29, 0.717) is 22.7 Å². The SMILES string of the molecule is COc1cc(C)c(S(=O)(=O)Nc2ccc(Br)cc2)cc1OC. The molecule has 2 aromatic carbocycles. The Balaban J connectivity index is 2.42. The van der Waals surface area contributed by atoms with E-state index in [1.807, 2.05) is 0 Å². The van der Waals surface area contributed by atoms with Gasteiger partial charge in [-0.15, -0.1) is 0 Å². The Morgan fingerprint density at radius 1 is 1.00 bits per heavy atom. The molecule has 0 radical (unpaired) electrons. The summed E-state index contributed by atoms with van der Waals surface area (Å²) in [5, 5.41) is 0. The lowest BCUT2D eigenvalue weighted by Gasteiger charge is -2.14. The van der Waals surface area contributed by atoms with Crippen molar-refractivity contribution in [1.82, 2.24) is 0 Å². The summed E-state index contributed by atoms with van der Waals surface area (Å²) in [6, 6.07) is 9.97. The van der Waals surface area contributed by atoms with Crippen molar-refractivity contribution in [2.45, 2.75) is 11.8 Å². The van der Waals surface area contributed by atoms with Gasteiger partial charge < -0.3 is 9.47 Å². The Morgan fingerprint density at radius 2 is 1.55 bits per heavy atom. The van der Waals surface area contributed by atoms with Crippen molar-refractivity contribution in [3.63, 3.8) is 0 Å². The summed E-state index contributed by atoms with van der Waals surface area (Å²) in [5.41, 5.74) is 1.06. The molecular formula is C15H16BrNO4S. The van der Waals surface area contributed by atoms with Gasteiger partial charge in [0.05, 0.1) is 19.1 Å². The third-order valence-corrected chi connectivity index (χ3v) is 5.12. The molecule has 0 unspecified atom stereocenters. The number of anilines is 1. The topological polar surface area (TPSA) is 64.6 Å². The van der Waals surface area contributed by atoms with Gasteiger partial charge in [0.1, 0.15) is 0 Å². The van der Waals surface area contributed by atoms with Gasteiger partial charge in [0, 0.05) is 16.2 Å². The van der Waals surface area contributed by atoms with E-state index in [-0.39, 0.29) is 4.90 Å². The maximum Gasteiger partial charge on any atom is 0.262 e. The molecule has 5 nitrogen and oxygen atoms in total. The van der Waals surface area contributed by atoms with Crippen molar-refractivity contribution in [3.8, 4) is 11.5 Å². The molecule has 7 heteroatoms. The van der Waals surface area contributed by atoms with Crippen molar-refractivity contribution in [2.75, 3.05) is 18.9 Å². The third-order valence-electron chi connectivity index (χ3n) is 3.07. The van der Waals surface area contributed by atoms with Crippen LogP contribution in [0.4, 0.5) is 5.69 Å². The first-order chi connectivity index (χ1) is 10.4. The van der Waals surface area contributed by atoms with Crippen LogP contribution in [0.5, 0.6) is 11.5 Å². The Kier molecular flexibility index (Phi) is 4.97. The molecule has 0 fully saturated rings. The van der Waals surface area contributed by atoms with Crippen LogP contribution in [0.2, 0.25) is 0 Å². The van der Waals surface area contributed by atoms with Crippen molar-refractivity contribution in [1.29, 1.82) is 0 Å². The highest BCUT2D eigenvalue weighted by Gasteiger charge is 2.20. The summed E-state index contributed by atoms with van der Waals surface area (Å²) in [6.45, 7) is 1.71. The van der Waals surface area contributed by atoms with Crippen LogP contribution >= 0.6 is 15.9 Å². The molecule has 0 amide bonds. The molecule has 0 aliphatic heterocycles. The lowest BCUT2D eigenvalue weighted by atomic mass is 10.2. The quantitative estimate of drug-likeness (QED) is 0.853. The number of aryl methyl sites for hydroxylation is 1. The number of ether oxygens (including phenoxy) is 2. The molecule has 0 aliphatic rings. The molecule has 1 N–H and O–H groups in total. The molecule has 0 aromatic heterocycles.